The van der Waals surface area contributed by atoms with Crippen LogP contribution in [0.2, 0.25) is 0 Å². The lowest BCUT2D eigenvalue weighted by Gasteiger charge is -2.18. The van der Waals surface area contributed by atoms with Crippen LogP contribution in [0.25, 0.3) is 0 Å². The molecule has 1 aliphatic heterocycles. The zero-order valence-electron chi connectivity index (χ0n) is 14.4. The second kappa shape index (κ2) is 3.23. The largest absolute Gasteiger partial charge is 0.299 e. The Morgan fingerprint density at radius 2 is 2.92 bits per heavy atom. The Labute approximate surface area is 84.5 Å². The number of likely N-dealkylation sites (tertiary alicyclic amines) is 1. The van der Waals surface area contributed by atoms with Gasteiger partial charge in [0.05, 0.1) is 1.37 Å². The maximum absolute atomic E-state index is 8.40. The Morgan fingerprint density at radius 1 is 1.92 bits per heavy atom. The van der Waals surface area contributed by atoms with Gasteiger partial charge >= 0.3 is 0 Å². The molecule has 1 aliphatic rings. The van der Waals surface area contributed by atoms with E-state index in [1.54, 1.807) is 0 Å². The number of hydrogen-bond donors (Lipinski definition) is 0. The topological polar surface area (TPSA) is 16.1 Å². The van der Waals surface area contributed by atoms with Gasteiger partial charge in [-0.05, 0) is 37.9 Å². The first kappa shape index (κ1) is 2.81. The molecule has 1 atom stereocenters. The fourth-order valence-electron chi connectivity index (χ4n) is 1.09. The summed E-state index contributed by atoms with van der Waals surface area (Å²) in [6.07, 6.45) is -0.443. The number of nitrogens with zero attached hydrogens (tertiary/aromatic N) is 2. The summed E-state index contributed by atoms with van der Waals surface area (Å²) in [6.45, 7) is -5.39. The maximum atomic E-state index is 8.40. The molecule has 0 N–H and O–H groups in total. The Hall–Kier alpha value is -0.890. The van der Waals surface area contributed by atoms with Crippen molar-refractivity contribution in [3.63, 3.8) is 0 Å². The molecule has 2 rings (SSSR count). The van der Waals surface area contributed by atoms with Crippen LogP contribution in [0.1, 0.15) is 35.3 Å². The van der Waals surface area contributed by atoms with Crippen LogP contribution >= 0.6 is 0 Å². The van der Waals surface area contributed by atoms with Crippen LogP contribution in [0, 0.1) is 0 Å². The van der Waals surface area contributed by atoms with Gasteiger partial charge in [-0.3, -0.25) is 9.88 Å². The minimum atomic E-state index is -2.94. The van der Waals surface area contributed by atoms with Crippen molar-refractivity contribution in [1.29, 1.82) is 0 Å². The van der Waals surface area contributed by atoms with E-state index in [9.17, 15) is 0 Å². The first-order valence-corrected chi connectivity index (χ1v) is 3.64. The standard InChI is InChI=1S/C10H14N2/c1-12-7-3-5-10(12)9-4-2-6-11-8-9/h2,4,6,8,10H,3,5,7H2,1H3/t10-/m0/s1/i1D3,5D2,7D2,10D. The van der Waals surface area contributed by atoms with Gasteiger partial charge in [0, 0.05) is 28.0 Å². The van der Waals surface area contributed by atoms with Crippen LogP contribution < -0.4 is 0 Å². The fourth-order valence-corrected chi connectivity index (χ4v) is 1.09. The van der Waals surface area contributed by atoms with Gasteiger partial charge in [-0.1, -0.05) is 6.07 Å². The van der Waals surface area contributed by atoms with Crippen molar-refractivity contribution < 1.29 is 11.0 Å². The Balaban J connectivity index is 2.69. The SMILES string of the molecule is [2H]C([2H])([2H])N1C([2H])([2H])CC([2H])([2H])[C@@]1([2H])c1cccnc1. The van der Waals surface area contributed by atoms with Crippen molar-refractivity contribution in [2.45, 2.75) is 18.8 Å². The molecule has 2 heteroatoms. The van der Waals surface area contributed by atoms with Crippen molar-refractivity contribution in [2.24, 2.45) is 0 Å². The number of pyridine rings is 1. The van der Waals surface area contributed by atoms with E-state index < -0.39 is 32.3 Å². The third-order valence-electron chi connectivity index (χ3n) is 1.65. The molecule has 0 aromatic carbocycles. The van der Waals surface area contributed by atoms with Crippen LogP contribution in [0.5, 0.6) is 0 Å². The summed E-state index contributed by atoms with van der Waals surface area (Å²) in [6, 6.07) is 0.487. The van der Waals surface area contributed by atoms with Crippen LogP contribution in [-0.2, 0) is 0 Å². The third-order valence-corrected chi connectivity index (χ3v) is 1.65. The summed E-state index contributed by atoms with van der Waals surface area (Å²) in [5.74, 6) is 0. The molecule has 0 bridgehead atoms. The molecule has 1 saturated heterocycles. The molecule has 64 valence electrons. The molecule has 0 amide bonds. The first-order valence-electron chi connectivity index (χ1n) is 7.64. The lowest BCUT2D eigenvalue weighted by molar-refractivity contribution is 0.317. The van der Waals surface area contributed by atoms with E-state index in [0.717, 1.165) is 0 Å². The summed E-state index contributed by atoms with van der Waals surface area (Å²) in [4.78, 5) is 4.11. The van der Waals surface area contributed by atoms with Crippen molar-refractivity contribution in [2.75, 3.05) is 13.5 Å². The van der Waals surface area contributed by atoms with E-state index in [0.29, 0.717) is 4.90 Å². The van der Waals surface area contributed by atoms with Gasteiger partial charge in [-0.2, -0.15) is 0 Å². The summed E-state index contributed by atoms with van der Waals surface area (Å²) in [5.41, 5.74) is 0.0162. The van der Waals surface area contributed by atoms with Gasteiger partial charge in [0.1, 0.15) is 0 Å². The average molecular weight is 170 g/mol. The van der Waals surface area contributed by atoms with Gasteiger partial charge in [0.15, 0.2) is 0 Å². The second-order valence-electron chi connectivity index (χ2n) is 2.44. The summed E-state index contributed by atoms with van der Waals surface area (Å²) >= 11 is 0. The molecule has 0 saturated carbocycles. The zero-order chi connectivity index (χ0) is 15.4. The zero-order valence-corrected chi connectivity index (χ0v) is 6.41. The maximum Gasteiger partial charge on any atom is 0.0519 e. The molecule has 2 heterocycles. The Kier molecular flexibility index (Phi) is 0.756. The highest BCUT2D eigenvalue weighted by Crippen LogP contribution is 2.29. The van der Waals surface area contributed by atoms with E-state index in [2.05, 4.69) is 4.98 Å². The van der Waals surface area contributed by atoms with Crippen molar-refractivity contribution in [3.8, 4) is 0 Å². The van der Waals surface area contributed by atoms with Gasteiger partial charge in [-0.25, -0.2) is 0 Å². The summed E-state index contributed by atoms with van der Waals surface area (Å²) in [5, 5.41) is 0. The normalized spacial score (nSPS) is 50.0. The Morgan fingerprint density at radius 3 is 3.67 bits per heavy atom. The van der Waals surface area contributed by atoms with Crippen LogP contribution in [-0.4, -0.2) is 23.4 Å². The quantitative estimate of drug-likeness (QED) is 0.639. The molecule has 0 radical (unpaired) electrons. The van der Waals surface area contributed by atoms with Crippen molar-refractivity contribution in [3.05, 3.63) is 30.1 Å². The van der Waals surface area contributed by atoms with E-state index in [4.69, 9.17) is 11.0 Å². The van der Waals surface area contributed by atoms with Gasteiger partial charge in [0.2, 0.25) is 0 Å². The molecule has 0 aliphatic carbocycles. The summed E-state index contributed by atoms with van der Waals surface area (Å²) < 4.78 is 62.4. The van der Waals surface area contributed by atoms with Crippen molar-refractivity contribution >= 4 is 0 Å². The van der Waals surface area contributed by atoms with E-state index in [1.165, 1.54) is 24.5 Å². The molecule has 0 spiro atoms. The Bertz CT molecular complexity index is 500. The fraction of sp³-hybridized carbons (Fsp3) is 0.500. The average Bonchev–Trinajstić information content (AvgIpc) is 2.41. The highest BCUT2D eigenvalue weighted by atomic mass is 15.1. The monoisotopic (exact) mass is 170 g/mol. The predicted octanol–water partition coefficient (Wildman–Crippen LogP) is 1.85. The van der Waals surface area contributed by atoms with E-state index >= 15 is 0 Å². The molecule has 1 fully saturated rings. The van der Waals surface area contributed by atoms with Crippen LogP contribution in [0.4, 0.5) is 0 Å². The molecule has 12 heavy (non-hydrogen) atoms. The lowest BCUT2D eigenvalue weighted by atomic mass is 10.1. The van der Waals surface area contributed by atoms with Gasteiger partial charge < -0.3 is 0 Å². The van der Waals surface area contributed by atoms with Gasteiger partial charge in [-0.15, -0.1) is 0 Å². The summed E-state index contributed by atoms with van der Waals surface area (Å²) in [7, 11) is 0. The second-order valence-corrected chi connectivity index (χ2v) is 2.44. The third kappa shape index (κ3) is 1.34. The molecular formula is C10H14N2. The lowest BCUT2D eigenvalue weighted by Crippen LogP contribution is -2.17. The highest BCUT2D eigenvalue weighted by Gasteiger charge is 2.21. The molecular weight excluding hydrogens is 148 g/mol. The van der Waals surface area contributed by atoms with Gasteiger partial charge in [0.25, 0.3) is 0 Å². The first-order chi connectivity index (χ1) is 8.93. The van der Waals surface area contributed by atoms with Crippen molar-refractivity contribution in [1.82, 2.24) is 9.88 Å². The minimum Gasteiger partial charge on any atom is -0.299 e. The smallest absolute Gasteiger partial charge is 0.0519 e. The molecule has 0 unspecified atom stereocenters. The molecule has 2 nitrogen and oxygen atoms in total. The van der Waals surface area contributed by atoms with Crippen LogP contribution in [0.3, 0.4) is 0 Å². The van der Waals surface area contributed by atoms with E-state index in [-0.39, 0.29) is 5.56 Å². The molecule has 1 aromatic heterocycles. The van der Waals surface area contributed by atoms with Crippen LogP contribution in [0.15, 0.2) is 24.5 Å². The predicted molar refractivity (Wildman–Crippen MR) is 48.8 cm³/mol. The highest BCUT2D eigenvalue weighted by molar-refractivity contribution is 5.14. The number of hydrogen-bond acceptors (Lipinski definition) is 2. The molecule has 1 aromatic rings. The minimum absolute atomic E-state index is 0.0162. The van der Waals surface area contributed by atoms with E-state index in [1.807, 2.05) is 0 Å². The number of rotatable bonds is 1. The number of aromatic nitrogens is 1.